The summed E-state index contributed by atoms with van der Waals surface area (Å²) in [7, 11) is 0. The number of hydrogen-bond acceptors (Lipinski definition) is 0. The van der Waals surface area contributed by atoms with Gasteiger partial charge in [0.1, 0.15) is 45.8 Å². The van der Waals surface area contributed by atoms with Crippen LogP contribution in [0.4, 0.5) is 0 Å². The molecule has 3 saturated heterocycles. The average molecular weight is 345 g/mol. The molecule has 0 aliphatic carbocycles. The van der Waals surface area contributed by atoms with Gasteiger partial charge in [-0.15, -0.1) is 0 Å². The number of rotatable bonds is 9. The van der Waals surface area contributed by atoms with Crippen molar-refractivity contribution in [2.75, 3.05) is 45.8 Å². The summed E-state index contributed by atoms with van der Waals surface area (Å²) in [4.78, 5) is 0. The Balaban J connectivity index is 1.54. The zero-order valence-corrected chi connectivity index (χ0v) is 17.0. The van der Waals surface area contributed by atoms with Crippen molar-refractivity contribution in [1.82, 2.24) is 0 Å². The number of nitrogens with zero attached hydrogens (tertiary/aromatic N) is 2. The molecule has 1 aromatic rings. The summed E-state index contributed by atoms with van der Waals surface area (Å²) >= 11 is 0. The van der Waals surface area contributed by atoms with Crippen LogP contribution in [0.25, 0.3) is 0 Å². The number of quaternary nitrogens is 2. The Labute approximate surface area is 156 Å². The molecule has 3 heterocycles. The molecule has 0 saturated carbocycles. The highest BCUT2D eigenvalue weighted by molar-refractivity contribution is 5.24. The quantitative estimate of drug-likeness (QED) is 0.439. The highest BCUT2D eigenvalue weighted by Gasteiger charge is 2.48. The molecule has 4 rings (SSSR count). The van der Waals surface area contributed by atoms with E-state index >= 15 is 0 Å². The van der Waals surface area contributed by atoms with E-state index in [1.54, 1.807) is 5.56 Å². The first kappa shape index (κ1) is 18.9. The monoisotopic (exact) mass is 344 g/mol. The molecule has 2 heteroatoms. The average Bonchev–Trinajstić information content (AvgIpc) is 2.67. The topological polar surface area (TPSA) is 0 Å². The predicted octanol–water partition coefficient (Wildman–Crippen LogP) is 4.94. The Morgan fingerprint density at radius 2 is 1.40 bits per heavy atom. The van der Waals surface area contributed by atoms with Crippen LogP contribution in [0.3, 0.4) is 0 Å². The van der Waals surface area contributed by atoms with Gasteiger partial charge in [0.25, 0.3) is 0 Å². The summed E-state index contributed by atoms with van der Waals surface area (Å²) in [5.74, 6) is 0.691. The van der Waals surface area contributed by atoms with Crippen LogP contribution in [0.1, 0.15) is 69.9 Å². The maximum absolute atomic E-state index is 2.41. The summed E-state index contributed by atoms with van der Waals surface area (Å²) in [6.45, 7) is 18.1. The van der Waals surface area contributed by atoms with Gasteiger partial charge in [-0.1, -0.05) is 57.9 Å². The summed E-state index contributed by atoms with van der Waals surface area (Å²) in [6, 6.07) is 9.57. The van der Waals surface area contributed by atoms with Gasteiger partial charge in [-0.3, -0.25) is 0 Å². The number of benzene rings is 1. The third kappa shape index (κ3) is 4.46. The van der Waals surface area contributed by atoms with Gasteiger partial charge in [0.05, 0.1) is 6.54 Å². The number of unbranched alkanes of at least 4 members (excludes halogenated alkanes) is 3. The Kier molecular flexibility index (Phi) is 6.22. The molecule has 3 fully saturated rings. The molecule has 1 unspecified atom stereocenters. The fourth-order valence-electron chi connectivity index (χ4n) is 4.96. The molecule has 1 aromatic carbocycles. The first-order valence-corrected chi connectivity index (χ1v) is 10.9. The lowest BCUT2D eigenvalue weighted by atomic mass is 9.97. The van der Waals surface area contributed by atoms with Gasteiger partial charge < -0.3 is 8.97 Å². The van der Waals surface area contributed by atoms with E-state index < -0.39 is 0 Å². The van der Waals surface area contributed by atoms with Crippen molar-refractivity contribution in [1.29, 1.82) is 0 Å². The summed E-state index contributed by atoms with van der Waals surface area (Å²) in [5, 5.41) is 0. The van der Waals surface area contributed by atoms with Crippen molar-refractivity contribution >= 4 is 0 Å². The lowest BCUT2D eigenvalue weighted by Gasteiger charge is -2.55. The zero-order valence-electron chi connectivity index (χ0n) is 17.0. The van der Waals surface area contributed by atoms with E-state index in [9.17, 15) is 0 Å². The lowest BCUT2D eigenvalue weighted by Crippen LogP contribution is -2.74. The van der Waals surface area contributed by atoms with E-state index in [1.165, 1.54) is 99.0 Å². The minimum Gasteiger partial charge on any atom is -0.310 e. The molecule has 2 bridgehead atoms. The first-order valence-electron chi connectivity index (χ1n) is 10.9. The minimum atomic E-state index is 0.691. The van der Waals surface area contributed by atoms with Crippen molar-refractivity contribution in [3.05, 3.63) is 35.4 Å². The molecular formula is C23H40N2+2. The Hall–Kier alpha value is -0.860. The van der Waals surface area contributed by atoms with Gasteiger partial charge in [0, 0.05) is 5.56 Å². The third-order valence-corrected chi connectivity index (χ3v) is 7.31. The maximum Gasteiger partial charge on any atom is 0.129 e. The predicted molar refractivity (Wildman–Crippen MR) is 108 cm³/mol. The van der Waals surface area contributed by atoms with Crippen LogP contribution in [0, 0.1) is 0 Å². The van der Waals surface area contributed by atoms with Crippen LogP contribution in [0.5, 0.6) is 0 Å². The van der Waals surface area contributed by atoms with Gasteiger partial charge >= 0.3 is 0 Å². The number of hydrogen-bond donors (Lipinski definition) is 0. The van der Waals surface area contributed by atoms with Crippen molar-refractivity contribution in [2.45, 2.75) is 65.3 Å². The molecule has 0 amide bonds. The zero-order chi connectivity index (χ0) is 17.8. The van der Waals surface area contributed by atoms with Crippen molar-refractivity contribution in [3.8, 4) is 0 Å². The van der Waals surface area contributed by atoms with Crippen LogP contribution < -0.4 is 0 Å². The lowest BCUT2D eigenvalue weighted by molar-refractivity contribution is -1.09. The smallest absolute Gasteiger partial charge is 0.129 e. The van der Waals surface area contributed by atoms with Crippen LogP contribution in [0.15, 0.2) is 24.3 Å². The van der Waals surface area contributed by atoms with Gasteiger partial charge in [0.15, 0.2) is 0 Å². The fourth-order valence-corrected chi connectivity index (χ4v) is 4.96. The molecule has 3 aliphatic heterocycles. The van der Waals surface area contributed by atoms with Crippen molar-refractivity contribution in [3.63, 3.8) is 0 Å². The van der Waals surface area contributed by atoms with Crippen molar-refractivity contribution < 1.29 is 8.97 Å². The van der Waals surface area contributed by atoms with Gasteiger partial charge in [0.2, 0.25) is 0 Å². The van der Waals surface area contributed by atoms with E-state index in [0.717, 1.165) is 0 Å². The summed E-state index contributed by atoms with van der Waals surface area (Å²) in [5.41, 5.74) is 3.06. The second-order valence-electron chi connectivity index (χ2n) is 9.02. The largest absolute Gasteiger partial charge is 0.310 e. The molecule has 2 nitrogen and oxygen atoms in total. The van der Waals surface area contributed by atoms with Crippen LogP contribution in [-0.4, -0.2) is 54.8 Å². The van der Waals surface area contributed by atoms with Gasteiger partial charge in [-0.05, 0) is 30.7 Å². The normalized spacial score (nSPS) is 29.7. The van der Waals surface area contributed by atoms with Gasteiger partial charge in [-0.2, -0.15) is 0 Å². The second-order valence-corrected chi connectivity index (χ2v) is 9.02. The van der Waals surface area contributed by atoms with E-state index in [1.807, 2.05) is 0 Å². The second kappa shape index (κ2) is 8.22. The molecule has 0 radical (unpaired) electrons. The molecule has 0 aromatic heterocycles. The fraction of sp³-hybridized carbons (Fsp3) is 0.739. The SMILES string of the molecule is CCCCCC[N+]12CC[N+](Cc3ccc(C(C)CC)cc3)(CC1)CC2. The molecule has 140 valence electrons. The molecule has 3 aliphatic rings. The van der Waals surface area contributed by atoms with Crippen LogP contribution >= 0.6 is 0 Å². The standard InChI is InChI=1S/C23H40N2/c1-4-6-7-8-13-24-14-17-25(18-15-24,19-16-24)20-22-9-11-23(12-10-22)21(3)5-2/h9-12,21H,4-8,13-20H2,1-3H3/q+2. The highest BCUT2D eigenvalue weighted by Crippen LogP contribution is 2.30. The van der Waals surface area contributed by atoms with Gasteiger partial charge in [-0.25, -0.2) is 0 Å². The van der Waals surface area contributed by atoms with Crippen molar-refractivity contribution in [2.24, 2.45) is 0 Å². The minimum absolute atomic E-state index is 0.691. The van der Waals surface area contributed by atoms with E-state index in [2.05, 4.69) is 45.0 Å². The summed E-state index contributed by atoms with van der Waals surface area (Å²) < 4.78 is 2.80. The molecule has 25 heavy (non-hydrogen) atoms. The number of piperazine rings is 3. The highest BCUT2D eigenvalue weighted by atomic mass is 15.5. The first-order chi connectivity index (χ1) is 12.1. The number of fused-ring (bicyclic) bond motifs is 3. The van der Waals surface area contributed by atoms with E-state index in [0.29, 0.717) is 5.92 Å². The van der Waals surface area contributed by atoms with Crippen LogP contribution in [0.2, 0.25) is 0 Å². The third-order valence-electron chi connectivity index (χ3n) is 7.31. The summed E-state index contributed by atoms with van der Waals surface area (Å²) in [6.07, 6.45) is 6.91. The Bertz CT molecular complexity index is 509. The maximum atomic E-state index is 2.41. The molecule has 0 N–H and O–H groups in total. The molecular weight excluding hydrogens is 304 g/mol. The van der Waals surface area contributed by atoms with E-state index in [-0.39, 0.29) is 0 Å². The Morgan fingerprint density at radius 1 is 0.800 bits per heavy atom. The molecule has 0 spiro atoms. The Morgan fingerprint density at radius 3 is 1.96 bits per heavy atom. The molecule has 1 atom stereocenters. The van der Waals surface area contributed by atoms with Crippen LogP contribution in [-0.2, 0) is 6.54 Å². The van der Waals surface area contributed by atoms with E-state index in [4.69, 9.17) is 0 Å².